The molecule has 0 heterocycles. The molecule has 118 valence electrons. The minimum Gasteiger partial charge on any atom is -0.495 e. The summed E-state index contributed by atoms with van der Waals surface area (Å²) in [7, 11) is 7.26. The van der Waals surface area contributed by atoms with Crippen molar-refractivity contribution < 1.29 is 9.47 Å². The molecule has 22 heavy (non-hydrogen) atoms. The van der Waals surface area contributed by atoms with E-state index in [0.717, 1.165) is 5.69 Å². The van der Waals surface area contributed by atoms with E-state index < -0.39 is 0 Å². The van der Waals surface area contributed by atoms with E-state index in [1.807, 2.05) is 20.2 Å². The zero-order valence-corrected chi connectivity index (χ0v) is 14.1. The van der Waals surface area contributed by atoms with Gasteiger partial charge in [0.1, 0.15) is 11.5 Å². The van der Waals surface area contributed by atoms with Gasteiger partial charge in [-0.25, -0.2) is 0 Å². The number of anilines is 2. The zero-order valence-electron chi connectivity index (χ0n) is 13.3. The van der Waals surface area contributed by atoms with E-state index in [1.165, 1.54) is 11.3 Å². The summed E-state index contributed by atoms with van der Waals surface area (Å²) in [5.74, 6) is 1.30. The second-order valence-corrected chi connectivity index (χ2v) is 5.51. The number of halogens is 1. The lowest BCUT2D eigenvalue weighted by Gasteiger charge is -2.15. The summed E-state index contributed by atoms with van der Waals surface area (Å²) in [6, 6.07) is 12.0. The number of nitrogens with one attached hydrogen (secondary N) is 1. The first-order valence-electron chi connectivity index (χ1n) is 6.96. The second kappa shape index (κ2) is 7.27. The topological polar surface area (TPSA) is 33.7 Å². The second-order valence-electron chi connectivity index (χ2n) is 5.10. The molecule has 2 aromatic rings. The number of hydrogen-bond donors (Lipinski definition) is 1. The van der Waals surface area contributed by atoms with Gasteiger partial charge in [-0.05, 0) is 23.8 Å². The number of benzene rings is 2. The third-order valence-corrected chi connectivity index (χ3v) is 3.70. The van der Waals surface area contributed by atoms with Crippen molar-refractivity contribution in [3.8, 4) is 11.5 Å². The van der Waals surface area contributed by atoms with Gasteiger partial charge in [-0.15, -0.1) is 0 Å². The number of rotatable bonds is 6. The average molecular weight is 321 g/mol. The highest BCUT2D eigenvalue weighted by Crippen LogP contribution is 2.36. The van der Waals surface area contributed by atoms with Gasteiger partial charge in [0.05, 0.1) is 24.9 Å². The van der Waals surface area contributed by atoms with Gasteiger partial charge < -0.3 is 19.7 Å². The van der Waals surface area contributed by atoms with E-state index in [9.17, 15) is 0 Å². The largest absolute Gasteiger partial charge is 0.495 e. The molecule has 1 N–H and O–H groups in total. The molecule has 0 spiro atoms. The summed E-state index contributed by atoms with van der Waals surface area (Å²) in [5, 5.41) is 3.89. The first-order chi connectivity index (χ1) is 10.5. The normalized spacial score (nSPS) is 10.2. The number of hydrogen-bond acceptors (Lipinski definition) is 4. The van der Waals surface area contributed by atoms with Gasteiger partial charge in [0, 0.05) is 32.4 Å². The molecule has 0 aliphatic carbocycles. The molecule has 0 radical (unpaired) electrons. The summed E-state index contributed by atoms with van der Waals surface area (Å²) in [6.07, 6.45) is 0. The van der Waals surface area contributed by atoms with Gasteiger partial charge >= 0.3 is 0 Å². The van der Waals surface area contributed by atoms with Crippen LogP contribution >= 0.6 is 11.6 Å². The van der Waals surface area contributed by atoms with Crippen LogP contribution in [0.4, 0.5) is 11.4 Å². The predicted molar refractivity (Wildman–Crippen MR) is 92.7 cm³/mol. The maximum atomic E-state index is 6.17. The molecule has 0 atom stereocenters. The van der Waals surface area contributed by atoms with Gasteiger partial charge in [-0.3, -0.25) is 0 Å². The van der Waals surface area contributed by atoms with Gasteiger partial charge in [-0.2, -0.15) is 0 Å². The average Bonchev–Trinajstić information content (AvgIpc) is 2.53. The van der Waals surface area contributed by atoms with Crippen LogP contribution in [0.5, 0.6) is 11.5 Å². The van der Waals surface area contributed by atoms with E-state index in [2.05, 4.69) is 34.5 Å². The van der Waals surface area contributed by atoms with E-state index >= 15 is 0 Å². The summed E-state index contributed by atoms with van der Waals surface area (Å²) in [4.78, 5) is 2.07. The molecule has 0 aliphatic rings. The summed E-state index contributed by atoms with van der Waals surface area (Å²) in [5.41, 5.74) is 3.19. The zero-order chi connectivity index (χ0) is 16.1. The molecular formula is C17H21ClN2O2. The fraction of sp³-hybridized carbons (Fsp3) is 0.294. The number of ether oxygens (including phenoxy) is 2. The van der Waals surface area contributed by atoms with E-state index in [4.69, 9.17) is 21.1 Å². The Morgan fingerprint density at radius 1 is 1.00 bits per heavy atom. The third kappa shape index (κ3) is 3.77. The molecular weight excluding hydrogens is 300 g/mol. The van der Waals surface area contributed by atoms with Crippen LogP contribution in [0.15, 0.2) is 36.4 Å². The number of nitrogens with zero attached hydrogens (tertiary/aromatic N) is 1. The van der Waals surface area contributed by atoms with Crippen molar-refractivity contribution in [3.63, 3.8) is 0 Å². The van der Waals surface area contributed by atoms with Crippen LogP contribution in [0.1, 0.15) is 5.56 Å². The van der Waals surface area contributed by atoms with Crippen molar-refractivity contribution in [1.29, 1.82) is 0 Å². The van der Waals surface area contributed by atoms with E-state index in [-0.39, 0.29) is 0 Å². The van der Waals surface area contributed by atoms with Crippen molar-refractivity contribution in [2.45, 2.75) is 6.54 Å². The van der Waals surface area contributed by atoms with Crippen LogP contribution in [-0.2, 0) is 6.54 Å². The first-order valence-corrected chi connectivity index (χ1v) is 7.34. The first kappa shape index (κ1) is 16.3. The SMILES string of the molecule is COc1cc(OC)c(NCc2ccc(N(C)C)cc2)cc1Cl. The highest BCUT2D eigenvalue weighted by molar-refractivity contribution is 6.32. The fourth-order valence-electron chi connectivity index (χ4n) is 2.11. The summed E-state index contributed by atoms with van der Waals surface area (Å²) in [6.45, 7) is 0.687. The van der Waals surface area contributed by atoms with Crippen LogP contribution in [-0.4, -0.2) is 28.3 Å². The maximum Gasteiger partial charge on any atom is 0.145 e. The van der Waals surface area contributed by atoms with Gasteiger partial charge in [-0.1, -0.05) is 23.7 Å². The molecule has 0 unspecified atom stereocenters. The van der Waals surface area contributed by atoms with E-state index in [1.54, 1.807) is 20.3 Å². The smallest absolute Gasteiger partial charge is 0.145 e. The molecule has 0 bridgehead atoms. The van der Waals surface area contributed by atoms with E-state index in [0.29, 0.717) is 23.1 Å². The van der Waals surface area contributed by atoms with Crippen LogP contribution in [0.2, 0.25) is 5.02 Å². The Balaban J connectivity index is 2.12. The Labute approximate surface area is 136 Å². The Morgan fingerprint density at radius 2 is 1.64 bits per heavy atom. The summed E-state index contributed by atoms with van der Waals surface area (Å²) >= 11 is 6.17. The molecule has 0 saturated carbocycles. The van der Waals surface area contributed by atoms with Gasteiger partial charge in [0.15, 0.2) is 0 Å². The van der Waals surface area contributed by atoms with Crippen molar-refractivity contribution in [2.24, 2.45) is 0 Å². The molecule has 0 aliphatic heterocycles. The lowest BCUT2D eigenvalue weighted by atomic mass is 10.2. The van der Waals surface area contributed by atoms with Crippen LogP contribution in [0, 0.1) is 0 Å². The minimum absolute atomic E-state index is 0.550. The Morgan fingerprint density at radius 3 is 2.18 bits per heavy atom. The molecule has 2 aromatic carbocycles. The lowest BCUT2D eigenvalue weighted by Crippen LogP contribution is -2.08. The van der Waals surface area contributed by atoms with Crippen molar-refractivity contribution in [3.05, 3.63) is 47.0 Å². The summed E-state index contributed by atoms with van der Waals surface area (Å²) < 4.78 is 10.6. The third-order valence-electron chi connectivity index (χ3n) is 3.41. The standard InChI is InChI=1S/C17H21ClN2O2/c1-20(2)13-7-5-12(6-8-13)11-19-15-9-14(18)16(21-3)10-17(15)22-4/h5-10,19H,11H2,1-4H3. The molecule has 2 rings (SSSR count). The molecule has 0 saturated heterocycles. The lowest BCUT2D eigenvalue weighted by molar-refractivity contribution is 0.395. The highest BCUT2D eigenvalue weighted by Gasteiger charge is 2.09. The van der Waals surface area contributed by atoms with Gasteiger partial charge in [0.2, 0.25) is 0 Å². The van der Waals surface area contributed by atoms with Crippen LogP contribution in [0.25, 0.3) is 0 Å². The van der Waals surface area contributed by atoms with Crippen molar-refractivity contribution in [1.82, 2.24) is 0 Å². The van der Waals surface area contributed by atoms with Crippen molar-refractivity contribution in [2.75, 3.05) is 38.5 Å². The Hall–Kier alpha value is -2.07. The van der Waals surface area contributed by atoms with Gasteiger partial charge in [0.25, 0.3) is 0 Å². The van der Waals surface area contributed by atoms with Crippen LogP contribution < -0.4 is 19.7 Å². The molecule has 5 heteroatoms. The Kier molecular flexibility index (Phi) is 5.39. The maximum absolute atomic E-state index is 6.17. The minimum atomic E-state index is 0.550. The fourth-order valence-corrected chi connectivity index (χ4v) is 2.35. The molecule has 4 nitrogen and oxygen atoms in total. The predicted octanol–water partition coefficient (Wildman–Crippen LogP) is 4.04. The monoisotopic (exact) mass is 320 g/mol. The number of methoxy groups -OCH3 is 2. The highest BCUT2D eigenvalue weighted by atomic mass is 35.5. The Bertz CT molecular complexity index is 627. The van der Waals surface area contributed by atoms with Crippen LogP contribution in [0.3, 0.4) is 0 Å². The quantitative estimate of drug-likeness (QED) is 0.871. The molecule has 0 fully saturated rings. The molecule has 0 amide bonds. The van der Waals surface area contributed by atoms with Crippen molar-refractivity contribution >= 4 is 23.0 Å². The molecule has 0 aromatic heterocycles.